The summed E-state index contributed by atoms with van der Waals surface area (Å²) >= 11 is 0. The maximum absolute atomic E-state index is 12.0. The van der Waals surface area contributed by atoms with Crippen molar-refractivity contribution in [2.24, 2.45) is 0 Å². The predicted molar refractivity (Wildman–Crippen MR) is 97.8 cm³/mol. The van der Waals surface area contributed by atoms with E-state index in [0.29, 0.717) is 5.75 Å². The van der Waals surface area contributed by atoms with Gasteiger partial charge in [-0.05, 0) is 36.2 Å². The molecule has 8 nitrogen and oxygen atoms in total. The Balaban J connectivity index is 1.99. The minimum absolute atomic E-state index is 0.0587. The van der Waals surface area contributed by atoms with E-state index >= 15 is 0 Å². The summed E-state index contributed by atoms with van der Waals surface area (Å²) < 4.78 is 33.7. The summed E-state index contributed by atoms with van der Waals surface area (Å²) in [5, 5.41) is 11.1. The molecule has 0 radical (unpaired) electrons. The summed E-state index contributed by atoms with van der Waals surface area (Å²) in [6, 6.07) is 10.6. The molecular formula is C18H19NO7S. The highest BCUT2D eigenvalue weighted by Crippen LogP contribution is 2.25. The Hall–Kier alpha value is -2.94. The molecule has 144 valence electrons. The molecule has 2 aromatic rings. The Morgan fingerprint density at radius 1 is 1.15 bits per heavy atom. The molecule has 0 aliphatic rings. The van der Waals surface area contributed by atoms with E-state index in [0.717, 1.165) is 30.4 Å². The molecule has 0 spiro atoms. The SMILES string of the molecule is CCc1cccc(OCCOC(=O)c2ccc(S(C)(=O)=O)c([N+](=O)[O-])c2)c1. The average Bonchev–Trinajstić information content (AvgIpc) is 2.64. The zero-order valence-electron chi connectivity index (χ0n) is 14.9. The number of rotatable bonds is 8. The first-order valence-electron chi connectivity index (χ1n) is 8.09. The molecule has 0 saturated heterocycles. The molecule has 0 aliphatic carbocycles. The van der Waals surface area contributed by atoms with Gasteiger partial charge in [-0.3, -0.25) is 10.1 Å². The summed E-state index contributed by atoms with van der Waals surface area (Å²) in [6.07, 6.45) is 1.73. The Kier molecular flexibility index (Phi) is 6.51. The summed E-state index contributed by atoms with van der Waals surface area (Å²) in [4.78, 5) is 21.8. The van der Waals surface area contributed by atoms with Crippen molar-refractivity contribution in [2.45, 2.75) is 18.2 Å². The van der Waals surface area contributed by atoms with Gasteiger partial charge >= 0.3 is 5.97 Å². The van der Waals surface area contributed by atoms with Crippen LogP contribution in [0, 0.1) is 10.1 Å². The van der Waals surface area contributed by atoms with Crippen LogP contribution < -0.4 is 4.74 Å². The van der Waals surface area contributed by atoms with Gasteiger partial charge in [-0.15, -0.1) is 0 Å². The number of nitrogens with zero attached hydrogens (tertiary/aromatic N) is 1. The molecule has 2 aromatic carbocycles. The van der Waals surface area contributed by atoms with Gasteiger partial charge in [0.15, 0.2) is 9.84 Å². The van der Waals surface area contributed by atoms with Crippen molar-refractivity contribution in [1.82, 2.24) is 0 Å². The van der Waals surface area contributed by atoms with Gasteiger partial charge in [-0.1, -0.05) is 19.1 Å². The fraction of sp³-hybridized carbons (Fsp3) is 0.278. The Morgan fingerprint density at radius 3 is 2.52 bits per heavy atom. The van der Waals surface area contributed by atoms with E-state index in [1.807, 2.05) is 25.1 Å². The molecule has 0 fully saturated rings. The van der Waals surface area contributed by atoms with Crippen LogP contribution in [0.4, 0.5) is 5.69 Å². The lowest BCUT2D eigenvalue weighted by atomic mass is 10.2. The normalized spacial score (nSPS) is 11.0. The van der Waals surface area contributed by atoms with Crippen molar-refractivity contribution in [3.8, 4) is 5.75 Å². The second-order valence-corrected chi connectivity index (χ2v) is 7.68. The molecular weight excluding hydrogens is 374 g/mol. The first kappa shape index (κ1) is 20.4. The highest BCUT2D eigenvalue weighted by molar-refractivity contribution is 7.90. The van der Waals surface area contributed by atoms with Crippen LogP contribution in [-0.2, 0) is 21.0 Å². The largest absolute Gasteiger partial charge is 0.490 e. The zero-order valence-corrected chi connectivity index (χ0v) is 15.7. The second-order valence-electron chi connectivity index (χ2n) is 5.70. The predicted octanol–water partition coefficient (Wildman–Crippen LogP) is 2.80. The van der Waals surface area contributed by atoms with Crippen molar-refractivity contribution in [2.75, 3.05) is 19.5 Å². The van der Waals surface area contributed by atoms with Crippen LogP contribution in [0.25, 0.3) is 0 Å². The number of esters is 1. The molecule has 0 heterocycles. The van der Waals surface area contributed by atoms with Crippen LogP contribution in [0.1, 0.15) is 22.8 Å². The van der Waals surface area contributed by atoms with E-state index in [1.54, 1.807) is 6.07 Å². The lowest BCUT2D eigenvalue weighted by Gasteiger charge is -2.09. The van der Waals surface area contributed by atoms with Crippen LogP contribution in [0.3, 0.4) is 0 Å². The average molecular weight is 393 g/mol. The lowest BCUT2D eigenvalue weighted by molar-refractivity contribution is -0.387. The van der Waals surface area contributed by atoms with E-state index in [-0.39, 0.29) is 18.8 Å². The Labute approximate surface area is 156 Å². The minimum atomic E-state index is -3.79. The maximum Gasteiger partial charge on any atom is 0.338 e. The molecule has 0 unspecified atom stereocenters. The molecule has 0 aromatic heterocycles. The third-order valence-electron chi connectivity index (χ3n) is 3.68. The third-order valence-corrected chi connectivity index (χ3v) is 4.83. The van der Waals surface area contributed by atoms with Gasteiger partial charge in [-0.2, -0.15) is 0 Å². The Morgan fingerprint density at radius 2 is 1.89 bits per heavy atom. The van der Waals surface area contributed by atoms with E-state index in [1.165, 1.54) is 6.07 Å². The number of aryl methyl sites for hydroxylation is 1. The molecule has 0 saturated carbocycles. The number of ether oxygens (including phenoxy) is 2. The highest BCUT2D eigenvalue weighted by Gasteiger charge is 2.24. The summed E-state index contributed by atoms with van der Waals surface area (Å²) in [5.41, 5.74) is 0.337. The lowest BCUT2D eigenvalue weighted by Crippen LogP contribution is -2.13. The minimum Gasteiger partial charge on any atom is -0.490 e. The summed E-state index contributed by atoms with van der Waals surface area (Å²) in [6.45, 7) is 2.08. The van der Waals surface area contributed by atoms with Gasteiger partial charge < -0.3 is 9.47 Å². The first-order valence-corrected chi connectivity index (χ1v) is 9.99. The van der Waals surface area contributed by atoms with Crippen LogP contribution in [0.5, 0.6) is 5.75 Å². The number of carbonyl (C=O) groups excluding carboxylic acids is 1. The van der Waals surface area contributed by atoms with Crippen molar-refractivity contribution in [1.29, 1.82) is 0 Å². The van der Waals surface area contributed by atoms with Gasteiger partial charge in [0.05, 0.1) is 10.5 Å². The van der Waals surface area contributed by atoms with Crippen molar-refractivity contribution < 1.29 is 27.6 Å². The van der Waals surface area contributed by atoms with Crippen molar-refractivity contribution in [3.63, 3.8) is 0 Å². The molecule has 0 amide bonds. The third kappa shape index (κ3) is 5.52. The number of carbonyl (C=O) groups is 1. The van der Waals surface area contributed by atoms with Crippen LogP contribution in [-0.4, -0.2) is 38.8 Å². The zero-order chi connectivity index (χ0) is 20.0. The second kappa shape index (κ2) is 8.63. The maximum atomic E-state index is 12.0. The topological polar surface area (TPSA) is 113 Å². The van der Waals surface area contributed by atoms with Gasteiger partial charge in [-0.25, -0.2) is 13.2 Å². The molecule has 9 heteroatoms. The Bertz CT molecular complexity index is 954. The highest BCUT2D eigenvalue weighted by atomic mass is 32.2. The molecule has 2 rings (SSSR count). The van der Waals surface area contributed by atoms with E-state index in [4.69, 9.17) is 9.47 Å². The van der Waals surface area contributed by atoms with Crippen LogP contribution >= 0.6 is 0 Å². The molecule has 0 atom stereocenters. The standard InChI is InChI=1S/C18H19NO7S/c1-3-13-5-4-6-15(11-13)25-9-10-26-18(20)14-7-8-17(27(2,23)24)16(12-14)19(21)22/h4-8,11-12H,3,9-10H2,1-2H3. The van der Waals surface area contributed by atoms with E-state index in [2.05, 4.69) is 0 Å². The van der Waals surface area contributed by atoms with Gasteiger partial charge in [0, 0.05) is 12.3 Å². The van der Waals surface area contributed by atoms with E-state index < -0.39 is 31.3 Å². The monoisotopic (exact) mass is 393 g/mol. The van der Waals surface area contributed by atoms with Gasteiger partial charge in [0.1, 0.15) is 23.9 Å². The fourth-order valence-electron chi connectivity index (χ4n) is 2.33. The number of hydrogen-bond donors (Lipinski definition) is 0. The molecule has 0 aliphatic heterocycles. The van der Waals surface area contributed by atoms with Crippen molar-refractivity contribution >= 4 is 21.5 Å². The number of benzene rings is 2. The van der Waals surface area contributed by atoms with Crippen LogP contribution in [0.15, 0.2) is 47.4 Å². The smallest absolute Gasteiger partial charge is 0.338 e. The fourth-order valence-corrected chi connectivity index (χ4v) is 3.16. The number of nitro benzene ring substituents is 1. The molecule has 0 bridgehead atoms. The van der Waals surface area contributed by atoms with Gasteiger partial charge in [0.25, 0.3) is 5.69 Å². The quantitative estimate of drug-likeness (QED) is 0.293. The summed E-state index contributed by atoms with van der Waals surface area (Å²) in [7, 11) is -3.79. The number of sulfone groups is 1. The number of nitro groups is 1. The first-order chi connectivity index (χ1) is 12.7. The molecule has 27 heavy (non-hydrogen) atoms. The molecule has 0 N–H and O–H groups in total. The van der Waals surface area contributed by atoms with Gasteiger partial charge in [0.2, 0.25) is 0 Å². The van der Waals surface area contributed by atoms with E-state index in [9.17, 15) is 23.3 Å². The summed E-state index contributed by atoms with van der Waals surface area (Å²) in [5.74, 6) is -0.150. The number of hydrogen-bond acceptors (Lipinski definition) is 7. The van der Waals surface area contributed by atoms with Crippen molar-refractivity contribution in [3.05, 3.63) is 63.7 Å². The van der Waals surface area contributed by atoms with Crippen LogP contribution in [0.2, 0.25) is 0 Å².